The fourth-order valence-electron chi connectivity index (χ4n) is 2.17. The highest BCUT2D eigenvalue weighted by Gasteiger charge is 2.59. The van der Waals surface area contributed by atoms with E-state index in [4.69, 9.17) is 0 Å². The summed E-state index contributed by atoms with van der Waals surface area (Å²) < 4.78 is 0. The Hall–Kier alpha value is 0. The Labute approximate surface area is 65.0 Å². The lowest BCUT2D eigenvalue weighted by molar-refractivity contribution is 0.281. The highest BCUT2D eigenvalue weighted by atomic mass is 14.6. The average Bonchev–Trinajstić information content (AvgIpc) is 2.32. The molecule has 0 bridgehead atoms. The minimum Gasteiger partial charge on any atom is -0.0651 e. The molecule has 0 aromatic carbocycles. The molecule has 0 aliphatic heterocycles. The molecule has 0 amide bonds. The van der Waals surface area contributed by atoms with Gasteiger partial charge in [-0.25, -0.2) is 0 Å². The van der Waals surface area contributed by atoms with Gasteiger partial charge in [0.05, 0.1) is 0 Å². The van der Waals surface area contributed by atoms with Crippen LogP contribution in [-0.4, -0.2) is 0 Å². The predicted octanol–water partition coefficient (Wildman–Crippen LogP) is 3.47. The van der Waals surface area contributed by atoms with Gasteiger partial charge >= 0.3 is 0 Å². The Morgan fingerprint density at radius 2 is 1.70 bits per heavy atom. The summed E-state index contributed by atoms with van der Waals surface area (Å²) in [5.74, 6) is 0.905. The molecule has 0 aromatic heterocycles. The van der Waals surface area contributed by atoms with Crippen LogP contribution in [0.5, 0.6) is 0 Å². The fraction of sp³-hybridized carbons (Fsp3) is 1.00. The Kier molecular flexibility index (Phi) is 1.61. The number of hydrogen-bond donors (Lipinski definition) is 0. The lowest BCUT2D eigenvalue weighted by Crippen LogP contribution is -2.13. The summed E-state index contributed by atoms with van der Waals surface area (Å²) in [6.07, 6.45) is 2.76. The zero-order valence-corrected chi connectivity index (χ0v) is 7.99. The van der Waals surface area contributed by atoms with Gasteiger partial charge < -0.3 is 0 Å². The van der Waals surface area contributed by atoms with Gasteiger partial charge in [-0.05, 0) is 23.2 Å². The maximum Gasteiger partial charge on any atom is -0.0244 e. The molecule has 1 aliphatic rings. The summed E-state index contributed by atoms with van der Waals surface area (Å²) in [7, 11) is 0. The molecule has 1 fully saturated rings. The maximum atomic E-state index is 2.43. The van der Waals surface area contributed by atoms with E-state index in [1.165, 1.54) is 12.8 Å². The smallest absolute Gasteiger partial charge is 0.0244 e. The zero-order chi connectivity index (χ0) is 7.99. The lowest BCUT2D eigenvalue weighted by Gasteiger charge is -2.21. The van der Waals surface area contributed by atoms with Gasteiger partial charge in [-0.15, -0.1) is 0 Å². The highest BCUT2D eigenvalue weighted by Crippen LogP contribution is 2.67. The van der Waals surface area contributed by atoms with Crippen LogP contribution in [0.25, 0.3) is 0 Å². The Morgan fingerprint density at radius 1 is 1.30 bits per heavy atom. The molecule has 0 nitrogen and oxygen atoms in total. The third-order valence-electron chi connectivity index (χ3n) is 3.93. The molecule has 0 heterocycles. The molecule has 0 spiro atoms. The van der Waals surface area contributed by atoms with E-state index in [0.29, 0.717) is 10.8 Å². The van der Waals surface area contributed by atoms with Crippen LogP contribution in [0.3, 0.4) is 0 Å². The number of rotatable bonds is 2. The van der Waals surface area contributed by atoms with Crippen LogP contribution < -0.4 is 0 Å². The first-order valence-corrected chi connectivity index (χ1v) is 4.44. The molecule has 0 aromatic rings. The molecular weight excluding hydrogens is 120 g/mol. The van der Waals surface area contributed by atoms with Crippen molar-refractivity contribution < 1.29 is 0 Å². The van der Waals surface area contributed by atoms with Crippen molar-refractivity contribution in [3.05, 3.63) is 0 Å². The molecule has 0 radical (unpaired) electrons. The van der Waals surface area contributed by atoms with E-state index in [1.54, 1.807) is 0 Å². The SMILES string of the molecule is CCC(C)C1(C)CC1(C)C. The molecule has 1 aliphatic carbocycles. The van der Waals surface area contributed by atoms with Gasteiger partial charge in [-0.3, -0.25) is 0 Å². The largest absolute Gasteiger partial charge is 0.0651 e. The van der Waals surface area contributed by atoms with E-state index in [1.807, 2.05) is 0 Å². The highest BCUT2D eigenvalue weighted by molar-refractivity contribution is 5.08. The summed E-state index contributed by atoms with van der Waals surface area (Å²) in [5.41, 5.74) is 1.28. The van der Waals surface area contributed by atoms with E-state index < -0.39 is 0 Å². The summed E-state index contributed by atoms with van der Waals surface area (Å²) >= 11 is 0. The van der Waals surface area contributed by atoms with Gasteiger partial charge in [0.1, 0.15) is 0 Å². The van der Waals surface area contributed by atoms with E-state index in [0.717, 1.165) is 5.92 Å². The van der Waals surface area contributed by atoms with Gasteiger partial charge in [0.25, 0.3) is 0 Å². The summed E-state index contributed by atoms with van der Waals surface area (Å²) in [6.45, 7) is 11.9. The van der Waals surface area contributed by atoms with Crippen molar-refractivity contribution >= 4 is 0 Å². The van der Waals surface area contributed by atoms with E-state index in [9.17, 15) is 0 Å². The third-order valence-corrected chi connectivity index (χ3v) is 3.93. The third kappa shape index (κ3) is 0.889. The van der Waals surface area contributed by atoms with Crippen LogP contribution in [0.2, 0.25) is 0 Å². The first-order valence-electron chi connectivity index (χ1n) is 4.44. The van der Waals surface area contributed by atoms with Gasteiger partial charge in [0.15, 0.2) is 0 Å². The number of hydrogen-bond acceptors (Lipinski definition) is 0. The van der Waals surface area contributed by atoms with Crippen LogP contribution in [-0.2, 0) is 0 Å². The Morgan fingerprint density at radius 3 is 1.80 bits per heavy atom. The summed E-state index contributed by atoms with van der Waals surface area (Å²) in [4.78, 5) is 0. The first kappa shape index (κ1) is 8.10. The van der Waals surface area contributed by atoms with Crippen LogP contribution >= 0.6 is 0 Å². The van der Waals surface area contributed by atoms with Crippen LogP contribution in [0.1, 0.15) is 47.5 Å². The Balaban J connectivity index is 2.58. The van der Waals surface area contributed by atoms with Crippen molar-refractivity contribution in [1.29, 1.82) is 0 Å². The van der Waals surface area contributed by atoms with Crippen molar-refractivity contribution in [1.82, 2.24) is 0 Å². The second kappa shape index (κ2) is 1.99. The van der Waals surface area contributed by atoms with Crippen molar-refractivity contribution in [2.24, 2.45) is 16.7 Å². The zero-order valence-electron chi connectivity index (χ0n) is 7.99. The van der Waals surface area contributed by atoms with E-state index >= 15 is 0 Å². The first-order chi connectivity index (χ1) is 4.44. The predicted molar refractivity (Wildman–Crippen MR) is 46.0 cm³/mol. The Bertz CT molecular complexity index is 135. The van der Waals surface area contributed by atoms with E-state index in [2.05, 4.69) is 34.6 Å². The molecular formula is C10H20. The van der Waals surface area contributed by atoms with Crippen LogP contribution in [0.15, 0.2) is 0 Å². The quantitative estimate of drug-likeness (QED) is 0.551. The molecule has 0 saturated heterocycles. The van der Waals surface area contributed by atoms with Gasteiger partial charge in [0.2, 0.25) is 0 Å². The molecule has 1 saturated carbocycles. The van der Waals surface area contributed by atoms with Crippen molar-refractivity contribution in [2.45, 2.75) is 47.5 Å². The summed E-state index contributed by atoms with van der Waals surface area (Å²) in [6, 6.07) is 0. The molecule has 2 unspecified atom stereocenters. The average molecular weight is 140 g/mol. The second-order valence-corrected chi connectivity index (χ2v) is 4.79. The van der Waals surface area contributed by atoms with Crippen LogP contribution in [0, 0.1) is 16.7 Å². The van der Waals surface area contributed by atoms with Gasteiger partial charge in [-0.1, -0.05) is 41.0 Å². The minimum atomic E-state index is 0.627. The van der Waals surface area contributed by atoms with Crippen molar-refractivity contribution in [3.63, 3.8) is 0 Å². The molecule has 10 heavy (non-hydrogen) atoms. The normalized spacial score (nSPS) is 39.3. The van der Waals surface area contributed by atoms with Crippen molar-refractivity contribution in [2.75, 3.05) is 0 Å². The van der Waals surface area contributed by atoms with Crippen molar-refractivity contribution in [3.8, 4) is 0 Å². The van der Waals surface area contributed by atoms with E-state index in [-0.39, 0.29) is 0 Å². The fourth-order valence-corrected chi connectivity index (χ4v) is 2.17. The molecule has 1 rings (SSSR count). The second-order valence-electron chi connectivity index (χ2n) is 4.79. The maximum absolute atomic E-state index is 2.43. The molecule has 2 atom stereocenters. The molecule has 60 valence electrons. The molecule has 0 heteroatoms. The monoisotopic (exact) mass is 140 g/mol. The van der Waals surface area contributed by atoms with Crippen LogP contribution in [0.4, 0.5) is 0 Å². The summed E-state index contributed by atoms with van der Waals surface area (Å²) in [5, 5.41) is 0. The van der Waals surface area contributed by atoms with Gasteiger partial charge in [0, 0.05) is 0 Å². The van der Waals surface area contributed by atoms with Gasteiger partial charge in [-0.2, -0.15) is 0 Å². The molecule has 0 N–H and O–H groups in total. The minimum absolute atomic E-state index is 0.627. The lowest BCUT2D eigenvalue weighted by atomic mass is 9.84. The standard InChI is InChI=1S/C10H20/c1-6-8(2)10(5)7-9(10,3)4/h8H,6-7H2,1-5H3. The topological polar surface area (TPSA) is 0 Å².